The number of rotatable bonds is 3. The van der Waals surface area contributed by atoms with Crippen LogP contribution in [0.15, 0.2) is 0 Å². The van der Waals surface area contributed by atoms with Crippen LogP contribution in [0.5, 0.6) is 0 Å². The minimum atomic E-state index is -2.46. The average Bonchev–Trinajstić information content (AvgIpc) is 1.57. The Morgan fingerprint density at radius 2 is 1.60 bits per heavy atom. The van der Waals surface area contributed by atoms with E-state index < -0.39 is 14.0 Å². The first-order chi connectivity index (χ1) is 4.21. The highest BCUT2D eigenvalue weighted by molar-refractivity contribution is 6.76. The summed E-state index contributed by atoms with van der Waals surface area (Å²) in [7, 11) is -1.25. The van der Waals surface area contributed by atoms with Crippen molar-refractivity contribution in [3.63, 3.8) is 0 Å². The average molecular weight is 166 g/mol. The fourth-order valence-corrected chi connectivity index (χ4v) is 1.78. The molecule has 0 aliphatic carbocycles. The Hall–Kier alpha value is 0.0769. The molecule has 0 aliphatic rings. The summed E-state index contributed by atoms with van der Waals surface area (Å²) in [6, 6.07) is 0.719. The van der Waals surface area contributed by atoms with Gasteiger partial charge in [-0.1, -0.05) is 25.7 Å². The van der Waals surface area contributed by atoms with Gasteiger partial charge in [-0.05, 0) is 6.92 Å². The molecule has 0 saturated heterocycles. The molecule has 0 nitrogen and oxygen atoms in total. The molecule has 0 aromatic heterocycles. The molecule has 0 rings (SSSR count). The molecule has 0 spiro atoms. The SMILES string of the molecule is CC(F)(F)CC[Si](C)(C)C. The number of hydrogen-bond acceptors (Lipinski definition) is 0. The van der Waals surface area contributed by atoms with Crippen molar-refractivity contribution < 1.29 is 8.78 Å². The number of alkyl halides is 2. The van der Waals surface area contributed by atoms with E-state index in [9.17, 15) is 8.78 Å². The first-order valence-corrected chi connectivity index (χ1v) is 7.29. The van der Waals surface area contributed by atoms with Crippen molar-refractivity contribution in [3.05, 3.63) is 0 Å². The molecule has 0 aromatic rings. The number of hydrogen-bond donors (Lipinski definition) is 0. The summed E-state index contributed by atoms with van der Waals surface area (Å²) in [6.07, 6.45) is 0.0583. The van der Waals surface area contributed by atoms with Gasteiger partial charge in [-0.25, -0.2) is 8.78 Å². The van der Waals surface area contributed by atoms with Crippen molar-refractivity contribution >= 4 is 8.07 Å². The van der Waals surface area contributed by atoms with Gasteiger partial charge in [-0.3, -0.25) is 0 Å². The zero-order valence-corrected chi connectivity index (χ0v) is 8.17. The molecule has 0 atom stereocenters. The van der Waals surface area contributed by atoms with E-state index in [1.54, 1.807) is 0 Å². The van der Waals surface area contributed by atoms with Gasteiger partial charge >= 0.3 is 0 Å². The largest absolute Gasteiger partial charge is 0.245 e. The highest BCUT2D eigenvalue weighted by Gasteiger charge is 2.24. The third kappa shape index (κ3) is 8.08. The van der Waals surface area contributed by atoms with Gasteiger partial charge in [0.25, 0.3) is 0 Å². The Morgan fingerprint density at radius 1 is 1.20 bits per heavy atom. The first kappa shape index (κ1) is 10.1. The number of halogens is 2. The fraction of sp³-hybridized carbons (Fsp3) is 1.00. The van der Waals surface area contributed by atoms with E-state index in [1.807, 2.05) is 0 Å². The second-order valence-electron chi connectivity index (χ2n) is 4.13. The molecule has 0 heterocycles. The van der Waals surface area contributed by atoms with Crippen LogP contribution < -0.4 is 0 Å². The van der Waals surface area contributed by atoms with Crippen molar-refractivity contribution in [2.45, 2.75) is 45.0 Å². The summed E-state index contributed by atoms with van der Waals surface area (Å²) in [5, 5.41) is 0. The Bertz CT molecular complexity index is 85.2. The Balaban J connectivity index is 3.56. The quantitative estimate of drug-likeness (QED) is 0.564. The molecule has 0 saturated carbocycles. The van der Waals surface area contributed by atoms with Crippen molar-refractivity contribution in [3.8, 4) is 0 Å². The first-order valence-electron chi connectivity index (χ1n) is 3.59. The van der Waals surface area contributed by atoms with Gasteiger partial charge in [0.15, 0.2) is 0 Å². The van der Waals surface area contributed by atoms with Crippen LogP contribution >= 0.6 is 0 Å². The van der Waals surface area contributed by atoms with Crippen LogP contribution in [0, 0.1) is 0 Å². The lowest BCUT2D eigenvalue weighted by Crippen LogP contribution is -2.23. The molecule has 62 valence electrons. The van der Waals surface area contributed by atoms with E-state index in [0.29, 0.717) is 0 Å². The molecule has 3 heteroatoms. The molecule has 0 N–H and O–H groups in total. The summed E-state index contributed by atoms with van der Waals surface area (Å²) in [5.74, 6) is -2.46. The van der Waals surface area contributed by atoms with Gasteiger partial charge in [0, 0.05) is 14.5 Å². The maximum Gasteiger partial charge on any atom is 0.245 e. The van der Waals surface area contributed by atoms with Crippen LogP contribution in [0.4, 0.5) is 8.78 Å². The molecular weight excluding hydrogens is 150 g/mol. The monoisotopic (exact) mass is 166 g/mol. The molecule has 0 unspecified atom stereocenters. The smallest absolute Gasteiger partial charge is 0.207 e. The van der Waals surface area contributed by atoms with Gasteiger partial charge in [0.05, 0.1) is 0 Å². The molecule has 0 aromatic carbocycles. The minimum Gasteiger partial charge on any atom is -0.207 e. The second kappa shape index (κ2) is 2.99. The topological polar surface area (TPSA) is 0 Å². The fourth-order valence-electron chi connectivity index (χ4n) is 0.594. The second-order valence-corrected chi connectivity index (χ2v) is 9.75. The molecule has 0 radical (unpaired) electrons. The summed E-state index contributed by atoms with van der Waals surface area (Å²) in [4.78, 5) is 0. The Kier molecular flexibility index (Phi) is 3.01. The van der Waals surface area contributed by atoms with E-state index in [2.05, 4.69) is 19.6 Å². The summed E-state index contributed by atoms with van der Waals surface area (Å²) in [5.41, 5.74) is 0. The lowest BCUT2D eigenvalue weighted by molar-refractivity contribution is 0.0178. The van der Waals surface area contributed by atoms with Crippen LogP contribution in [0.2, 0.25) is 25.7 Å². The summed E-state index contributed by atoms with van der Waals surface area (Å²) in [6.45, 7) is 7.32. The van der Waals surface area contributed by atoms with Gasteiger partial charge in [0.1, 0.15) is 0 Å². The summed E-state index contributed by atoms with van der Waals surface area (Å²) >= 11 is 0. The van der Waals surface area contributed by atoms with E-state index in [4.69, 9.17) is 0 Å². The molecule has 0 amide bonds. The minimum absolute atomic E-state index is 0.0583. The van der Waals surface area contributed by atoms with Crippen LogP contribution in [0.25, 0.3) is 0 Å². The van der Waals surface area contributed by atoms with E-state index in [1.165, 1.54) is 0 Å². The van der Waals surface area contributed by atoms with E-state index in [0.717, 1.165) is 13.0 Å². The molecule has 10 heavy (non-hydrogen) atoms. The van der Waals surface area contributed by atoms with E-state index >= 15 is 0 Å². The maximum atomic E-state index is 12.3. The van der Waals surface area contributed by atoms with Crippen LogP contribution in [-0.4, -0.2) is 14.0 Å². The van der Waals surface area contributed by atoms with Crippen LogP contribution in [0.3, 0.4) is 0 Å². The van der Waals surface area contributed by atoms with Gasteiger partial charge in [-0.2, -0.15) is 0 Å². The normalized spacial score (nSPS) is 13.8. The molecule has 0 fully saturated rings. The third-order valence-electron chi connectivity index (χ3n) is 1.31. The Morgan fingerprint density at radius 3 is 1.70 bits per heavy atom. The maximum absolute atomic E-state index is 12.3. The zero-order valence-electron chi connectivity index (χ0n) is 7.17. The molecule has 0 aliphatic heterocycles. The van der Waals surface area contributed by atoms with Crippen LogP contribution in [-0.2, 0) is 0 Å². The Labute approximate surface area is 62.6 Å². The third-order valence-corrected chi connectivity index (χ3v) is 3.06. The van der Waals surface area contributed by atoms with Gasteiger partial charge < -0.3 is 0 Å². The predicted molar refractivity (Wildman–Crippen MR) is 43.4 cm³/mol. The van der Waals surface area contributed by atoms with E-state index in [-0.39, 0.29) is 6.42 Å². The lowest BCUT2D eigenvalue weighted by atomic mass is 10.3. The standard InChI is InChI=1S/C7H16F2Si/c1-7(8,9)5-6-10(2,3)4/h5-6H2,1-4H3. The zero-order chi connectivity index (χ0) is 8.41. The predicted octanol–water partition coefficient (Wildman–Crippen LogP) is 3.37. The summed E-state index contributed by atoms with van der Waals surface area (Å²) < 4.78 is 24.5. The van der Waals surface area contributed by atoms with Crippen molar-refractivity contribution in [2.75, 3.05) is 0 Å². The van der Waals surface area contributed by atoms with Gasteiger partial charge in [0.2, 0.25) is 5.92 Å². The van der Waals surface area contributed by atoms with Crippen molar-refractivity contribution in [1.29, 1.82) is 0 Å². The van der Waals surface area contributed by atoms with Crippen LogP contribution in [0.1, 0.15) is 13.3 Å². The highest BCUT2D eigenvalue weighted by Crippen LogP contribution is 2.23. The molecular formula is C7H16F2Si. The lowest BCUT2D eigenvalue weighted by Gasteiger charge is -2.18. The molecule has 0 bridgehead atoms. The van der Waals surface area contributed by atoms with Gasteiger partial charge in [-0.15, -0.1) is 0 Å². The van der Waals surface area contributed by atoms with Crippen molar-refractivity contribution in [2.24, 2.45) is 0 Å². The van der Waals surface area contributed by atoms with Crippen molar-refractivity contribution in [1.82, 2.24) is 0 Å². The highest BCUT2D eigenvalue weighted by atomic mass is 28.3.